The molecule has 0 bridgehead atoms. The summed E-state index contributed by atoms with van der Waals surface area (Å²) in [5.74, 6) is -0.128. The van der Waals surface area contributed by atoms with Crippen molar-refractivity contribution < 1.29 is 13.2 Å². The van der Waals surface area contributed by atoms with Gasteiger partial charge < -0.3 is 5.32 Å². The Hall–Kier alpha value is -2.18. The second-order valence-corrected chi connectivity index (χ2v) is 10.0. The second-order valence-electron chi connectivity index (χ2n) is 8.06. The third kappa shape index (κ3) is 5.67. The SMILES string of the molecule is Cc1ccc(CS(=O)(=O)N2CCC(C(=O)NC(C)c3ccc(C)cc3)CC2)cc1. The summed E-state index contributed by atoms with van der Waals surface area (Å²) >= 11 is 0. The van der Waals surface area contributed by atoms with Gasteiger partial charge in [0.1, 0.15) is 0 Å². The van der Waals surface area contributed by atoms with E-state index in [2.05, 4.69) is 5.32 Å². The fourth-order valence-corrected chi connectivity index (χ4v) is 5.22. The molecule has 0 saturated carbocycles. The van der Waals surface area contributed by atoms with Crippen molar-refractivity contribution in [3.8, 4) is 0 Å². The van der Waals surface area contributed by atoms with E-state index >= 15 is 0 Å². The van der Waals surface area contributed by atoms with Gasteiger partial charge in [-0.3, -0.25) is 4.79 Å². The lowest BCUT2D eigenvalue weighted by Gasteiger charge is -2.31. The van der Waals surface area contributed by atoms with Crippen molar-refractivity contribution in [3.63, 3.8) is 0 Å². The molecule has 0 radical (unpaired) electrons. The first-order valence-corrected chi connectivity index (χ1v) is 11.8. The van der Waals surface area contributed by atoms with Gasteiger partial charge in [0.15, 0.2) is 0 Å². The Bertz CT molecular complexity index is 929. The minimum Gasteiger partial charge on any atom is -0.349 e. The number of sulfonamides is 1. The summed E-state index contributed by atoms with van der Waals surface area (Å²) in [5.41, 5.74) is 4.16. The molecule has 1 heterocycles. The van der Waals surface area contributed by atoms with Crippen molar-refractivity contribution in [1.29, 1.82) is 0 Å². The molecule has 1 unspecified atom stereocenters. The standard InChI is InChI=1S/C23H30N2O3S/c1-17-4-8-20(9-5-17)16-29(27,28)25-14-12-22(13-15-25)23(26)24-19(3)21-10-6-18(2)7-11-21/h4-11,19,22H,12-16H2,1-3H3,(H,24,26). The van der Waals surface area contributed by atoms with Crippen LogP contribution in [0, 0.1) is 19.8 Å². The monoisotopic (exact) mass is 414 g/mol. The Morgan fingerprint density at radius 2 is 1.52 bits per heavy atom. The van der Waals surface area contributed by atoms with E-state index in [1.54, 1.807) is 0 Å². The highest BCUT2D eigenvalue weighted by molar-refractivity contribution is 7.88. The van der Waals surface area contributed by atoms with E-state index in [9.17, 15) is 13.2 Å². The number of nitrogens with one attached hydrogen (secondary N) is 1. The molecule has 2 aromatic rings. The van der Waals surface area contributed by atoms with Crippen LogP contribution in [0.3, 0.4) is 0 Å². The molecule has 2 aromatic carbocycles. The number of hydrogen-bond donors (Lipinski definition) is 1. The molecular weight excluding hydrogens is 384 g/mol. The van der Waals surface area contributed by atoms with Gasteiger partial charge in [0.2, 0.25) is 15.9 Å². The summed E-state index contributed by atoms with van der Waals surface area (Å²) in [6, 6.07) is 15.6. The van der Waals surface area contributed by atoms with Gasteiger partial charge in [0.05, 0.1) is 11.8 Å². The van der Waals surface area contributed by atoms with E-state index in [4.69, 9.17) is 0 Å². The van der Waals surface area contributed by atoms with Crippen molar-refractivity contribution in [1.82, 2.24) is 9.62 Å². The predicted molar refractivity (Wildman–Crippen MR) is 116 cm³/mol. The highest BCUT2D eigenvalue weighted by Crippen LogP contribution is 2.23. The Morgan fingerprint density at radius 1 is 1.00 bits per heavy atom. The number of carbonyl (C=O) groups excluding carboxylic acids is 1. The minimum absolute atomic E-state index is 0.00802. The molecule has 1 saturated heterocycles. The molecule has 1 aliphatic rings. The summed E-state index contributed by atoms with van der Waals surface area (Å²) in [6.45, 7) is 6.78. The third-order valence-electron chi connectivity index (χ3n) is 5.62. The topological polar surface area (TPSA) is 66.5 Å². The molecule has 1 amide bonds. The highest BCUT2D eigenvalue weighted by atomic mass is 32.2. The van der Waals surface area contributed by atoms with Gasteiger partial charge in [-0.25, -0.2) is 12.7 Å². The number of piperidine rings is 1. The predicted octanol–water partition coefficient (Wildman–Crippen LogP) is 3.72. The lowest BCUT2D eigenvalue weighted by Crippen LogP contribution is -2.43. The van der Waals surface area contributed by atoms with Crippen LogP contribution in [0.25, 0.3) is 0 Å². The molecule has 5 nitrogen and oxygen atoms in total. The maximum atomic E-state index is 12.7. The molecule has 3 rings (SSSR count). The van der Waals surface area contributed by atoms with Crippen LogP contribution in [-0.2, 0) is 20.6 Å². The Morgan fingerprint density at radius 3 is 2.07 bits per heavy atom. The van der Waals surface area contributed by atoms with E-state index in [0.717, 1.165) is 16.7 Å². The molecule has 0 aromatic heterocycles. The lowest BCUT2D eigenvalue weighted by atomic mass is 9.96. The number of aryl methyl sites for hydroxylation is 2. The molecule has 156 valence electrons. The number of amides is 1. The lowest BCUT2D eigenvalue weighted by molar-refractivity contribution is -0.126. The van der Waals surface area contributed by atoms with E-state index in [1.165, 1.54) is 9.87 Å². The van der Waals surface area contributed by atoms with E-state index in [1.807, 2.05) is 69.3 Å². The van der Waals surface area contributed by atoms with Gasteiger partial charge in [0.25, 0.3) is 0 Å². The Labute approximate surface area is 174 Å². The maximum Gasteiger partial charge on any atom is 0.223 e. The summed E-state index contributed by atoms with van der Waals surface area (Å²) < 4.78 is 27.0. The molecule has 0 spiro atoms. The maximum absolute atomic E-state index is 12.7. The van der Waals surface area contributed by atoms with Gasteiger partial charge in [0, 0.05) is 19.0 Å². The van der Waals surface area contributed by atoms with Crippen molar-refractivity contribution in [3.05, 3.63) is 70.8 Å². The number of hydrogen-bond acceptors (Lipinski definition) is 3. The van der Waals surface area contributed by atoms with Gasteiger partial charge in [-0.1, -0.05) is 59.7 Å². The van der Waals surface area contributed by atoms with Gasteiger partial charge in [-0.15, -0.1) is 0 Å². The van der Waals surface area contributed by atoms with Crippen molar-refractivity contribution in [2.75, 3.05) is 13.1 Å². The largest absolute Gasteiger partial charge is 0.349 e. The van der Waals surface area contributed by atoms with Crippen LogP contribution in [0.15, 0.2) is 48.5 Å². The first kappa shape index (κ1) is 21.5. The average molecular weight is 415 g/mol. The summed E-state index contributed by atoms with van der Waals surface area (Å²) in [4.78, 5) is 12.6. The zero-order chi connectivity index (χ0) is 21.0. The van der Waals surface area contributed by atoms with Gasteiger partial charge in [-0.05, 0) is 44.7 Å². The fourth-order valence-electron chi connectivity index (χ4n) is 3.65. The van der Waals surface area contributed by atoms with E-state index in [-0.39, 0.29) is 23.6 Å². The number of rotatable bonds is 6. The molecule has 1 atom stereocenters. The van der Waals surface area contributed by atoms with Crippen LogP contribution >= 0.6 is 0 Å². The highest BCUT2D eigenvalue weighted by Gasteiger charge is 2.31. The van der Waals surface area contributed by atoms with Crippen LogP contribution in [0.4, 0.5) is 0 Å². The number of carbonyl (C=O) groups is 1. The van der Waals surface area contributed by atoms with Gasteiger partial charge in [-0.2, -0.15) is 0 Å². The number of nitrogens with zero attached hydrogens (tertiary/aromatic N) is 1. The zero-order valence-corrected chi connectivity index (χ0v) is 18.2. The van der Waals surface area contributed by atoms with Crippen molar-refractivity contribution in [2.45, 2.75) is 45.4 Å². The van der Waals surface area contributed by atoms with Crippen molar-refractivity contribution in [2.24, 2.45) is 5.92 Å². The molecular formula is C23H30N2O3S. The van der Waals surface area contributed by atoms with Crippen LogP contribution in [0.5, 0.6) is 0 Å². The van der Waals surface area contributed by atoms with E-state index in [0.29, 0.717) is 25.9 Å². The Kier molecular flexibility index (Phi) is 6.75. The van der Waals surface area contributed by atoms with Crippen LogP contribution in [0.2, 0.25) is 0 Å². The van der Waals surface area contributed by atoms with Crippen molar-refractivity contribution >= 4 is 15.9 Å². The van der Waals surface area contributed by atoms with Crippen LogP contribution in [-0.4, -0.2) is 31.7 Å². The molecule has 6 heteroatoms. The average Bonchev–Trinajstić information content (AvgIpc) is 2.70. The molecule has 1 fully saturated rings. The third-order valence-corrected chi connectivity index (χ3v) is 7.47. The van der Waals surface area contributed by atoms with Crippen LogP contribution < -0.4 is 5.32 Å². The van der Waals surface area contributed by atoms with Gasteiger partial charge >= 0.3 is 0 Å². The summed E-state index contributed by atoms with van der Waals surface area (Å²) in [5, 5.41) is 3.08. The Balaban J connectivity index is 1.53. The first-order chi connectivity index (χ1) is 13.7. The normalized spacial score (nSPS) is 17.1. The van der Waals surface area contributed by atoms with Crippen LogP contribution in [0.1, 0.15) is 48.1 Å². The number of benzene rings is 2. The fraction of sp³-hybridized carbons (Fsp3) is 0.435. The molecule has 0 aliphatic carbocycles. The molecule has 1 aliphatic heterocycles. The first-order valence-electron chi connectivity index (χ1n) is 10.1. The van der Waals surface area contributed by atoms with E-state index < -0.39 is 10.0 Å². The molecule has 1 N–H and O–H groups in total. The second kappa shape index (κ2) is 9.09. The zero-order valence-electron chi connectivity index (χ0n) is 17.4. The summed E-state index contributed by atoms with van der Waals surface area (Å²) in [7, 11) is -3.37. The smallest absolute Gasteiger partial charge is 0.223 e. The minimum atomic E-state index is -3.37. The quantitative estimate of drug-likeness (QED) is 0.783. The summed E-state index contributed by atoms with van der Waals surface area (Å²) in [6.07, 6.45) is 1.11. The molecule has 29 heavy (non-hydrogen) atoms.